The van der Waals surface area contributed by atoms with Crippen molar-refractivity contribution in [1.82, 2.24) is 0 Å². The minimum atomic E-state index is -4.30. The van der Waals surface area contributed by atoms with Crippen molar-refractivity contribution in [3.63, 3.8) is 0 Å². The summed E-state index contributed by atoms with van der Waals surface area (Å²) in [7, 11) is 1.41. The molecule has 1 aromatic rings. The van der Waals surface area contributed by atoms with Crippen LogP contribution >= 0.6 is 11.3 Å². The molecule has 1 aromatic heterocycles. The van der Waals surface area contributed by atoms with Gasteiger partial charge in [0.1, 0.15) is 21.5 Å². The Morgan fingerprint density at radius 3 is 2.62 bits per heavy atom. The first-order valence-corrected chi connectivity index (χ1v) is 6.80. The second-order valence-corrected chi connectivity index (χ2v) is 5.14. The maximum Gasteiger partial charge on any atom is 0.390 e. The van der Waals surface area contributed by atoms with Crippen molar-refractivity contribution in [3.05, 3.63) is 10.4 Å². The van der Waals surface area contributed by atoms with E-state index in [1.165, 1.54) is 11.9 Å². The number of rotatable bonds is 5. The van der Waals surface area contributed by atoms with Crippen molar-refractivity contribution in [3.8, 4) is 6.07 Å². The number of alkyl halides is 3. The number of carbonyl (C=O) groups is 1. The minimum Gasteiger partial charge on any atom is -0.462 e. The lowest BCUT2D eigenvalue weighted by Gasteiger charge is -2.18. The standard InChI is InChI=1S/C12H14F3N3O2S/c1-3-20-11(19)9-8(17)7(6-16)10(21-9)18(2)5-4-12(13,14)15/h3-5,17H2,1-2H3. The van der Waals surface area contributed by atoms with E-state index in [-0.39, 0.29) is 34.3 Å². The summed E-state index contributed by atoms with van der Waals surface area (Å²) >= 11 is 0.854. The number of carbonyl (C=O) groups excluding carboxylic acids is 1. The number of hydrogen-bond donors (Lipinski definition) is 1. The van der Waals surface area contributed by atoms with Gasteiger partial charge >= 0.3 is 12.1 Å². The van der Waals surface area contributed by atoms with Crippen LogP contribution in [-0.2, 0) is 4.74 Å². The van der Waals surface area contributed by atoms with Crippen LogP contribution in [0.5, 0.6) is 0 Å². The molecule has 1 rings (SSSR count). The number of thiophene rings is 1. The Morgan fingerprint density at radius 1 is 1.52 bits per heavy atom. The number of ether oxygens (including phenoxy) is 1. The van der Waals surface area contributed by atoms with Crippen molar-refractivity contribution >= 4 is 28.0 Å². The third-order valence-electron chi connectivity index (χ3n) is 2.58. The van der Waals surface area contributed by atoms with Gasteiger partial charge in [-0.05, 0) is 6.92 Å². The number of nitrogen functional groups attached to an aromatic ring is 1. The highest BCUT2D eigenvalue weighted by molar-refractivity contribution is 7.18. The summed E-state index contributed by atoms with van der Waals surface area (Å²) in [4.78, 5) is 13.0. The summed E-state index contributed by atoms with van der Waals surface area (Å²) in [5, 5.41) is 9.30. The third kappa shape index (κ3) is 4.26. The first kappa shape index (κ1) is 17.1. The van der Waals surface area contributed by atoms with Crippen LogP contribution in [0.15, 0.2) is 0 Å². The van der Waals surface area contributed by atoms with Gasteiger partial charge in [0.25, 0.3) is 0 Å². The van der Waals surface area contributed by atoms with Crippen LogP contribution < -0.4 is 10.6 Å². The zero-order chi connectivity index (χ0) is 16.2. The molecule has 2 N–H and O–H groups in total. The van der Waals surface area contributed by atoms with Gasteiger partial charge in [0.15, 0.2) is 0 Å². The van der Waals surface area contributed by atoms with Crippen molar-refractivity contribution < 1.29 is 22.7 Å². The molecule has 21 heavy (non-hydrogen) atoms. The average molecular weight is 321 g/mol. The maximum atomic E-state index is 12.2. The van der Waals surface area contributed by atoms with Crippen LogP contribution in [-0.4, -0.2) is 32.3 Å². The summed E-state index contributed by atoms with van der Waals surface area (Å²) in [6.07, 6.45) is -5.32. The lowest BCUT2D eigenvalue weighted by atomic mass is 10.2. The summed E-state index contributed by atoms with van der Waals surface area (Å²) in [5.41, 5.74) is 5.64. The van der Waals surface area contributed by atoms with Gasteiger partial charge in [-0.1, -0.05) is 0 Å². The van der Waals surface area contributed by atoms with Gasteiger partial charge in [-0.25, -0.2) is 4.79 Å². The molecule has 5 nitrogen and oxygen atoms in total. The lowest BCUT2D eigenvalue weighted by Crippen LogP contribution is -2.23. The molecule has 0 amide bonds. The minimum absolute atomic E-state index is 0.00673. The SMILES string of the molecule is CCOC(=O)c1sc(N(C)CCC(F)(F)F)c(C#N)c1N. The molecule has 0 spiro atoms. The van der Waals surface area contributed by atoms with E-state index in [9.17, 15) is 18.0 Å². The predicted octanol–water partition coefficient (Wildman–Crippen LogP) is 2.77. The van der Waals surface area contributed by atoms with Gasteiger partial charge < -0.3 is 15.4 Å². The van der Waals surface area contributed by atoms with Gasteiger partial charge in [0.2, 0.25) is 0 Å². The number of nitrogens with two attached hydrogens (primary N) is 1. The number of anilines is 2. The lowest BCUT2D eigenvalue weighted by molar-refractivity contribution is -0.132. The molecule has 0 aliphatic heterocycles. The van der Waals surface area contributed by atoms with E-state index in [0.717, 1.165) is 11.3 Å². The normalized spacial score (nSPS) is 11.0. The smallest absolute Gasteiger partial charge is 0.390 e. The first-order chi connectivity index (χ1) is 9.71. The second-order valence-electron chi connectivity index (χ2n) is 4.14. The average Bonchev–Trinajstić information content (AvgIpc) is 2.72. The molecular weight excluding hydrogens is 307 g/mol. The Balaban J connectivity index is 3.05. The zero-order valence-corrected chi connectivity index (χ0v) is 12.3. The molecule has 0 atom stereocenters. The van der Waals surface area contributed by atoms with E-state index in [1.54, 1.807) is 6.92 Å². The zero-order valence-electron chi connectivity index (χ0n) is 11.5. The van der Waals surface area contributed by atoms with Crippen LogP contribution in [0.4, 0.5) is 23.9 Å². The van der Waals surface area contributed by atoms with E-state index in [4.69, 9.17) is 15.7 Å². The van der Waals surface area contributed by atoms with E-state index in [0.29, 0.717) is 0 Å². The topological polar surface area (TPSA) is 79.3 Å². The van der Waals surface area contributed by atoms with Crippen LogP contribution in [0.3, 0.4) is 0 Å². The van der Waals surface area contributed by atoms with Crippen LogP contribution in [0.2, 0.25) is 0 Å². The Hall–Kier alpha value is -1.95. The van der Waals surface area contributed by atoms with E-state index in [1.807, 2.05) is 6.07 Å². The number of nitrogens with zero attached hydrogens (tertiary/aromatic N) is 2. The Kier molecular flexibility index (Phi) is 5.43. The molecule has 0 fully saturated rings. The predicted molar refractivity (Wildman–Crippen MR) is 73.3 cm³/mol. The van der Waals surface area contributed by atoms with Crippen molar-refractivity contribution in [1.29, 1.82) is 5.26 Å². The van der Waals surface area contributed by atoms with Crippen molar-refractivity contribution in [2.45, 2.75) is 19.5 Å². The van der Waals surface area contributed by atoms with Crippen LogP contribution in [0.1, 0.15) is 28.6 Å². The molecule has 0 unspecified atom stereocenters. The number of halogens is 3. The highest BCUT2D eigenvalue weighted by Crippen LogP contribution is 2.38. The number of hydrogen-bond acceptors (Lipinski definition) is 6. The summed E-state index contributed by atoms with van der Waals surface area (Å²) in [6.45, 7) is 1.42. The first-order valence-electron chi connectivity index (χ1n) is 5.98. The fourth-order valence-electron chi connectivity index (χ4n) is 1.55. The van der Waals surface area contributed by atoms with Crippen LogP contribution in [0.25, 0.3) is 0 Å². The van der Waals surface area contributed by atoms with Crippen molar-refractivity contribution in [2.75, 3.05) is 30.8 Å². The molecule has 0 aliphatic carbocycles. The Bertz CT molecular complexity index is 563. The summed E-state index contributed by atoms with van der Waals surface area (Å²) in [5.74, 6) is -0.688. The molecular formula is C12H14F3N3O2S. The molecule has 116 valence electrons. The highest BCUT2D eigenvalue weighted by atomic mass is 32.1. The summed E-state index contributed by atoms with van der Waals surface area (Å²) in [6, 6.07) is 1.81. The van der Waals surface area contributed by atoms with Crippen molar-refractivity contribution in [2.24, 2.45) is 0 Å². The maximum absolute atomic E-state index is 12.2. The fraction of sp³-hybridized carbons (Fsp3) is 0.500. The van der Waals surface area contributed by atoms with Gasteiger partial charge in [-0.3, -0.25) is 0 Å². The van der Waals surface area contributed by atoms with Gasteiger partial charge in [0.05, 0.1) is 18.7 Å². The molecule has 0 bridgehead atoms. The second kappa shape index (κ2) is 6.67. The fourth-order valence-corrected chi connectivity index (χ4v) is 2.60. The van der Waals surface area contributed by atoms with E-state index in [2.05, 4.69) is 0 Å². The third-order valence-corrected chi connectivity index (χ3v) is 3.88. The van der Waals surface area contributed by atoms with Gasteiger partial charge in [0, 0.05) is 13.6 Å². The molecule has 9 heteroatoms. The molecule has 0 saturated heterocycles. The number of esters is 1. The molecule has 0 aromatic carbocycles. The van der Waals surface area contributed by atoms with Crippen LogP contribution in [0, 0.1) is 11.3 Å². The monoisotopic (exact) mass is 321 g/mol. The molecule has 0 radical (unpaired) electrons. The highest BCUT2D eigenvalue weighted by Gasteiger charge is 2.29. The Morgan fingerprint density at radius 2 is 2.14 bits per heavy atom. The van der Waals surface area contributed by atoms with Gasteiger partial charge in [-0.15, -0.1) is 11.3 Å². The van der Waals surface area contributed by atoms with E-state index >= 15 is 0 Å². The van der Waals surface area contributed by atoms with Gasteiger partial charge in [-0.2, -0.15) is 18.4 Å². The van der Waals surface area contributed by atoms with E-state index < -0.39 is 18.6 Å². The molecule has 1 heterocycles. The largest absolute Gasteiger partial charge is 0.462 e. The number of nitriles is 1. The Labute approximate surface area is 123 Å². The summed E-state index contributed by atoms with van der Waals surface area (Å²) < 4.78 is 41.5. The molecule has 0 saturated carbocycles. The molecule has 0 aliphatic rings. The quantitative estimate of drug-likeness (QED) is 0.844.